The molecule has 170 valence electrons. The highest BCUT2D eigenvalue weighted by atomic mass is 32.1. The van der Waals surface area contributed by atoms with Crippen LogP contribution in [0.5, 0.6) is 5.75 Å². The van der Waals surface area contributed by atoms with Crippen LogP contribution in [0.4, 0.5) is 11.4 Å². The molecule has 2 N–H and O–H groups in total. The number of amides is 2. The molecule has 8 nitrogen and oxygen atoms in total. The first kappa shape index (κ1) is 22.3. The smallest absolute Gasteiger partial charge is 0.293 e. The Morgan fingerprint density at radius 3 is 2.27 bits per heavy atom. The Balaban J connectivity index is 1.27. The zero-order valence-corrected chi connectivity index (χ0v) is 18.9. The van der Waals surface area contributed by atoms with E-state index in [0.29, 0.717) is 18.7 Å². The molecule has 9 heteroatoms. The summed E-state index contributed by atoms with van der Waals surface area (Å²) in [5.74, 6) is 0.548. The van der Waals surface area contributed by atoms with E-state index in [1.54, 1.807) is 43.5 Å². The lowest BCUT2D eigenvalue weighted by atomic mass is 10.1. The molecule has 0 atom stereocenters. The number of anilines is 2. The summed E-state index contributed by atoms with van der Waals surface area (Å²) in [4.78, 5) is 28.8. The molecule has 2 amide bonds. The molecule has 0 unspecified atom stereocenters. The number of furan rings is 1. The van der Waals surface area contributed by atoms with Crippen molar-refractivity contribution in [2.24, 2.45) is 0 Å². The number of thiocarbonyl (C=S) groups is 1. The van der Waals surface area contributed by atoms with Crippen LogP contribution in [0.15, 0.2) is 71.3 Å². The maximum Gasteiger partial charge on any atom is 0.293 e. The van der Waals surface area contributed by atoms with Gasteiger partial charge in [-0.2, -0.15) is 0 Å². The predicted octanol–water partition coefficient (Wildman–Crippen LogP) is 3.38. The molecule has 1 aromatic heterocycles. The van der Waals surface area contributed by atoms with Crippen LogP contribution in [-0.4, -0.2) is 55.1 Å². The zero-order chi connectivity index (χ0) is 23.2. The van der Waals surface area contributed by atoms with E-state index in [-0.39, 0.29) is 16.8 Å². The standard InChI is InChI=1S/C24H24N4O4S/c1-31-20-10-4-17(5-11-20)23(30)28-14-12-27(13-15-28)19-8-6-18(7-9-19)25-24(33)26-22(29)21-3-2-16-32-21/h2-11,16H,12-15H2,1H3,(H2,25,26,29,33). The van der Waals surface area contributed by atoms with Crippen molar-refractivity contribution < 1.29 is 18.7 Å². The second-order valence-corrected chi connectivity index (χ2v) is 7.85. The molecule has 1 fully saturated rings. The molecule has 0 spiro atoms. The molecule has 2 heterocycles. The highest BCUT2D eigenvalue weighted by Crippen LogP contribution is 2.21. The first-order valence-electron chi connectivity index (χ1n) is 10.5. The Bertz CT molecular complexity index is 1110. The van der Waals surface area contributed by atoms with E-state index < -0.39 is 5.91 Å². The quantitative estimate of drug-likeness (QED) is 0.560. The van der Waals surface area contributed by atoms with Crippen LogP contribution in [-0.2, 0) is 0 Å². The van der Waals surface area contributed by atoms with E-state index in [9.17, 15) is 9.59 Å². The van der Waals surface area contributed by atoms with E-state index in [1.807, 2.05) is 29.2 Å². The first-order chi connectivity index (χ1) is 16.0. The Labute approximate surface area is 197 Å². The summed E-state index contributed by atoms with van der Waals surface area (Å²) in [5.41, 5.74) is 2.48. The third-order valence-corrected chi connectivity index (χ3v) is 5.57. The summed E-state index contributed by atoms with van der Waals surface area (Å²) < 4.78 is 10.2. The van der Waals surface area contributed by atoms with Crippen LogP contribution < -0.4 is 20.3 Å². The van der Waals surface area contributed by atoms with Crippen molar-refractivity contribution in [3.63, 3.8) is 0 Å². The number of carbonyl (C=O) groups excluding carboxylic acids is 2. The molecule has 1 aliphatic rings. The van der Waals surface area contributed by atoms with Crippen molar-refractivity contribution in [3.8, 4) is 5.75 Å². The lowest BCUT2D eigenvalue weighted by Gasteiger charge is -2.36. The van der Waals surface area contributed by atoms with Crippen LogP contribution in [0.1, 0.15) is 20.9 Å². The fourth-order valence-corrected chi connectivity index (χ4v) is 3.78. The van der Waals surface area contributed by atoms with Crippen LogP contribution >= 0.6 is 12.2 Å². The molecule has 33 heavy (non-hydrogen) atoms. The Hall–Kier alpha value is -3.85. The van der Waals surface area contributed by atoms with Gasteiger partial charge in [0.1, 0.15) is 5.75 Å². The highest BCUT2D eigenvalue weighted by Gasteiger charge is 2.22. The number of nitrogens with one attached hydrogen (secondary N) is 2. The predicted molar refractivity (Wildman–Crippen MR) is 130 cm³/mol. The Kier molecular flexibility index (Phi) is 6.89. The maximum atomic E-state index is 12.8. The minimum Gasteiger partial charge on any atom is -0.497 e. The van der Waals surface area contributed by atoms with Gasteiger partial charge >= 0.3 is 0 Å². The Morgan fingerprint density at radius 1 is 0.970 bits per heavy atom. The summed E-state index contributed by atoms with van der Waals surface area (Å²) in [6, 6.07) is 18.2. The normalized spacial score (nSPS) is 13.4. The van der Waals surface area contributed by atoms with Gasteiger partial charge in [-0.05, 0) is 72.9 Å². The van der Waals surface area contributed by atoms with E-state index in [4.69, 9.17) is 21.4 Å². The number of rotatable bonds is 5. The fraction of sp³-hybridized carbons (Fsp3) is 0.208. The third-order valence-electron chi connectivity index (χ3n) is 5.37. The Morgan fingerprint density at radius 2 is 1.67 bits per heavy atom. The van der Waals surface area contributed by atoms with Gasteiger partial charge in [0, 0.05) is 43.1 Å². The third kappa shape index (κ3) is 5.50. The lowest BCUT2D eigenvalue weighted by molar-refractivity contribution is 0.0746. The van der Waals surface area contributed by atoms with Gasteiger partial charge in [0.05, 0.1) is 13.4 Å². The van der Waals surface area contributed by atoms with E-state index in [0.717, 1.165) is 30.2 Å². The van der Waals surface area contributed by atoms with E-state index >= 15 is 0 Å². The number of methoxy groups -OCH3 is 1. The maximum absolute atomic E-state index is 12.8. The van der Waals surface area contributed by atoms with Crippen LogP contribution in [0, 0.1) is 0 Å². The number of ether oxygens (including phenoxy) is 1. The van der Waals surface area contributed by atoms with Gasteiger partial charge in [-0.1, -0.05) is 0 Å². The molecular formula is C24H24N4O4S. The number of benzene rings is 2. The van der Waals surface area contributed by atoms with Crippen molar-refractivity contribution in [1.82, 2.24) is 10.2 Å². The van der Waals surface area contributed by atoms with Gasteiger partial charge in [-0.15, -0.1) is 0 Å². The number of piperazine rings is 1. The average molecular weight is 465 g/mol. The molecule has 2 aromatic carbocycles. The first-order valence-corrected chi connectivity index (χ1v) is 10.9. The average Bonchev–Trinajstić information content (AvgIpc) is 3.40. The van der Waals surface area contributed by atoms with Crippen molar-refractivity contribution in [3.05, 3.63) is 78.3 Å². The highest BCUT2D eigenvalue weighted by molar-refractivity contribution is 7.80. The molecule has 0 aliphatic carbocycles. The zero-order valence-electron chi connectivity index (χ0n) is 18.1. The minimum absolute atomic E-state index is 0.0296. The minimum atomic E-state index is -0.406. The van der Waals surface area contributed by atoms with Crippen molar-refractivity contribution >= 4 is 40.5 Å². The second-order valence-electron chi connectivity index (χ2n) is 7.44. The largest absolute Gasteiger partial charge is 0.497 e. The molecule has 4 rings (SSSR count). The van der Waals surface area contributed by atoms with Crippen LogP contribution in [0.3, 0.4) is 0 Å². The summed E-state index contributed by atoms with van der Waals surface area (Å²) in [5, 5.41) is 5.76. The van der Waals surface area contributed by atoms with Gasteiger partial charge in [0.2, 0.25) is 0 Å². The van der Waals surface area contributed by atoms with E-state index in [1.165, 1.54) is 6.26 Å². The summed E-state index contributed by atoms with van der Waals surface area (Å²) in [6.07, 6.45) is 1.43. The lowest BCUT2D eigenvalue weighted by Crippen LogP contribution is -2.48. The summed E-state index contributed by atoms with van der Waals surface area (Å²) in [6.45, 7) is 2.78. The molecule has 0 radical (unpaired) electrons. The van der Waals surface area contributed by atoms with Gasteiger partial charge in [0.25, 0.3) is 11.8 Å². The molecule has 1 saturated heterocycles. The van der Waals surface area contributed by atoms with Crippen LogP contribution in [0.25, 0.3) is 0 Å². The number of hydrogen-bond acceptors (Lipinski definition) is 6. The molecular weight excluding hydrogens is 440 g/mol. The van der Waals surface area contributed by atoms with Crippen molar-refractivity contribution in [1.29, 1.82) is 0 Å². The molecule has 0 bridgehead atoms. The summed E-state index contributed by atoms with van der Waals surface area (Å²) in [7, 11) is 1.60. The SMILES string of the molecule is COc1ccc(C(=O)N2CCN(c3ccc(NC(=S)NC(=O)c4ccco4)cc3)CC2)cc1. The summed E-state index contributed by atoms with van der Waals surface area (Å²) >= 11 is 5.20. The van der Waals surface area contributed by atoms with Gasteiger partial charge in [0.15, 0.2) is 10.9 Å². The van der Waals surface area contributed by atoms with Crippen LogP contribution in [0.2, 0.25) is 0 Å². The van der Waals surface area contributed by atoms with Gasteiger partial charge < -0.3 is 24.3 Å². The monoisotopic (exact) mass is 464 g/mol. The molecule has 1 aliphatic heterocycles. The molecule has 3 aromatic rings. The van der Waals surface area contributed by atoms with Crippen molar-refractivity contribution in [2.75, 3.05) is 43.5 Å². The number of nitrogens with zero attached hydrogens (tertiary/aromatic N) is 2. The topological polar surface area (TPSA) is 87.0 Å². The van der Waals surface area contributed by atoms with E-state index in [2.05, 4.69) is 15.5 Å². The van der Waals surface area contributed by atoms with Gasteiger partial charge in [-0.3, -0.25) is 14.9 Å². The molecule has 0 saturated carbocycles. The number of hydrogen-bond donors (Lipinski definition) is 2. The number of carbonyl (C=O) groups is 2. The second kappa shape index (κ2) is 10.2. The van der Waals surface area contributed by atoms with Gasteiger partial charge in [-0.25, -0.2) is 0 Å². The van der Waals surface area contributed by atoms with Crippen molar-refractivity contribution in [2.45, 2.75) is 0 Å². The fourth-order valence-electron chi connectivity index (χ4n) is 3.57.